The molecule has 1 N–H and O–H groups in total. The Morgan fingerprint density at radius 3 is 3.10 bits per heavy atom. The van der Waals surface area contributed by atoms with E-state index in [2.05, 4.69) is 23.8 Å². The van der Waals surface area contributed by atoms with Crippen LogP contribution in [-0.4, -0.2) is 53.6 Å². The number of rotatable bonds is 4. The van der Waals surface area contributed by atoms with Crippen LogP contribution in [0.15, 0.2) is 17.5 Å². The normalized spacial score (nSPS) is 22.2. The molecule has 0 saturated carbocycles. The van der Waals surface area contributed by atoms with Crippen molar-refractivity contribution in [2.45, 2.75) is 25.9 Å². The standard InChI is InChI=1S/C15H22N2O2S/c1-12-10-16(2)7-3-8-17(12)11-14-13(6-9-20-14)4-5-15(18)19/h4-6,9,12H,3,7-8,10-11H2,1-2H3,(H,18,19)/b5-4+. The smallest absolute Gasteiger partial charge is 0.328 e. The van der Waals surface area contributed by atoms with Crippen LogP contribution in [0.5, 0.6) is 0 Å². The molecule has 1 atom stereocenters. The zero-order valence-electron chi connectivity index (χ0n) is 12.1. The fourth-order valence-corrected chi connectivity index (χ4v) is 3.52. The van der Waals surface area contributed by atoms with Crippen molar-refractivity contribution in [1.82, 2.24) is 9.80 Å². The van der Waals surface area contributed by atoms with E-state index >= 15 is 0 Å². The molecule has 1 aliphatic rings. The van der Waals surface area contributed by atoms with Gasteiger partial charge in [0, 0.05) is 36.6 Å². The largest absolute Gasteiger partial charge is 0.478 e. The van der Waals surface area contributed by atoms with Crippen molar-refractivity contribution in [1.29, 1.82) is 0 Å². The van der Waals surface area contributed by atoms with Crippen molar-refractivity contribution in [3.05, 3.63) is 28.0 Å². The molecule has 1 aromatic rings. The van der Waals surface area contributed by atoms with Gasteiger partial charge in [-0.2, -0.15) is 0 Å². The predicted molar refractivity (Wildman–Crippen MR) is 83.0 cm³/mol. The van der Waals surface area contributed by atoms with E-state index < -0.39 is 5.97 Å². The Bertz CT molecular complexity index is 484. The molecule has 2 rings (SSSR count). The molecule has 0 aliphatic carbocycles. The molecule has 0 bridgehead atoms. The summed E-state index contributed by atoms with van der Waals surface area (Å²) in [6.45, 7) is 6.52. The van der Waals surface area contributed by atoms with Crippen LogP contribution in [0.4, 0.5) is 0 Å². The molecule has 0 amide bonds. The average molecular weight is 294 g/mol. The van der Waals surface area contributed by atoms with E-state index in [0.717, 1.165) is 31.7 Å². The summed E-state index contributed by atoms with van der Waals surface area (Å²) >= 11 is 1.71. The van der Waals surface area contributed by atoms with Crippen LogP contribution in [-0.2, 0) is 11.3 Å². The van der Waals surface area contributed by atoms with E-state index in [4.69, 9.17) is 5.11 Å². The summed E-state index contributed by atoms with van der Waals surface area (Å²) in [6.07, 6.45) is 4.10. The maximum Gasteiger partial charge on any atom is 0.328 e. The molecule has 1 saturated heterocycles. The summed E-state index contributed by atoms with van der Waals surface area (Å²) in [5, 5.41) is 10.8. The number of carboxylic acids is 1. The Morgan fingerprint density at radius 2 is 2.35 bits per heavy atom. The number of likely N-dealkylation sites (N-methyl/N-ethyl adjacent to an activating group) is 1. The summed E-state index contributed by atoms with van der Waals surface area (Å²) in [5.74, 6) is -0.896. The topological polar surface area (TPSA) is 43.8 Å². The molecule has 110 valence electrons. The summed E-state index contributed by atoms with van der Waals surface area (Å²) in [6, 6.07) is 2.52. The van der Waals surface area contributed by atoms with Crippen LogP contribution in [0.2, 0.25) is 0 Å². The first-order valence-corrected chi connectivity index (χ1v) is 7.84. The molecule has 1 aliphatic heterocycles. The zero-order chi connectivity index (χ0) is 14.5. The molecule has 1 aromatic heterocycles. The van der Waals surface area contributed by atoms with Gasteiger partial charge in [-0.25, -0.2) is 4.79 Å². The van der Waals surface area contributed by atoms with E-state index in [-0.39, 0.29) is 0 Å². The van der Waals surface area contributed by atoms with Crippen LogP contribution < -0.4 is 0 Å². The van der Waals surface area contributed by atoms with Gasteiger partial charge in [-0.15, -0.1) is 11.3 Å². The highest BCUT2D eigenvalue weighted by atomic mass is 32.1. The monoisotopic (exact) mass is 294 g/mol. The van der Waals surface area contributed by atoms with Crippen molar-refractivity contribution < 1.29 is 9.90 Å². The number of hydrogen-bond donors (Lipinski definition) is 1. The lowest BCUT2D eigenvalue weighted by Crippen LogP contribution is -2.37. The molecule has 0 spiro atoms. The Labute approximate surface area is 124 Å². The Hall–Kier alpha value is -1.17. The maximum atomic E-state index is 10.6. The summed E-state index contributed by atoms with van der Waals surface area (Å²) in [4.78, 5) is 16.8. The fraction of sp³-hybridized carbons (Fsp3) is 0.533. The molecular weight excluding hydrogens is 272 g/mol. The minimum absolute atomic E-state index is 0.529. The second-order valence-corrected chi connectivity index (χ2v) is 6.41. The first kappa shape index (κ1) is 15.2. The van der Waals surface area contributed by atoms with Crippen molar-refractivity contribution in [2.24, 2.45) is 0 Å². The van der Waals surface area contributed by atoms with Gasteiger partial charge in [-0.3, -0.25) is 4.90 Å². The lowest BCUT2D eigenvalue weighted by atomic mass is 10.2. The SMILES string of the molecule is CC1CN(C)CCCN1Cc1sccc1/C=C/C(=O)O. The summed E-state index contributed by atoms with van der Waals surface area (Å²) < 4.78 is 0. The van der Waals surface area contributed by atoms with Gasteiger partial charge in [0.1, 0.15) is 0 Å². The highest BCUT2D eigenvalue weighted by Crippen LogP contribution is 2.22. The van der Waals surface area contributed by atoms with E-state index in [1.54, 1.807) is 17.4 Å². The molecule has 0 radical (unpaired) electrons. The quantitative estimate of drug-likeness (QED) is 0.866. The van der Waals surface area contributed by atoms with E-state index in [1.807, 2.05) is 11.4 Å². The van der Waals surface area contributed by atoms with Gasteiger partial charge in [0.2, 0.25) is 0 Å². The zero-order valence-corrected chi connectivity index (χ0v) is 12.9. The lowest BCUT2D eigenvalue weighted by Gasteiger charge is -2.27. The maximum absolute atomic E-state index is 10.6. The van der Waals surface area contributed by atoms with E-state index in [9.17, 15) is 4.79 Å². The van der Waals surface area contributed by atoms with E-state index in [1.165, 1.54) is 17.4 Å². The van der Waals surface area contributed by atoms with Gasteiger partial charge in [-0.05, 0) is 50.0 Å². The third kappa shape index (κ3) is 4.16. The number of nitrogens with zero attached hydrogens (tertiary/aromatic N) is 2. The first-order valence-electron chi connectivity index (χ1n) is 6.96. The third-order valence-corrected chi connectivity index (χ3v) is 4.64. The Morgan fingerprint density at radius 1 is 1.55 bits per heavy atom. The van der Waals surface area contributed by atoms with Crippen molar-refractivity contribution in [3.63, 3.8) is 0 Å². The van der Waals surface area contributed by atoms with Gasteiger partial charge in [-0.1, -0.05) is 0 Å². The molecule has 1 unspecified atom stereocenters. The molecule has 1 fully saturated rings. The van der Waals surface area contributed by atoms with Gasteiger partial charge in [0.15, 0.2) is 0 Å². The first-order chi connectivity index (χ1) is 9.56. The van der Waals surface area contributed by atoms with Crippen molar-refractivity contribution in [2.75, 3.05) is 26.7 Å². The van der Waals surface area contributed by atoms with Gasteiger partial charge in [0.05, 0.1) is 0 Å². The Balaban J connectivity index is 2.06. The minimum atomic E-state index is -0.896. The molecule has 20 heavy (non-hydrogen) atoms. The van der Waals surface area contributed by atoms with Crippen LogP contribution in [0, 0.1) is 0 Å². The lowest BCUT2D eigenvalue weighted by molar-refractivity contribution is -0.131. The summed E-state index contributed by atoms with van der Waals surface area (Å²) in [7, 11) is 2.17. The summed E-state index contributed by atoms with van der Waals surface area (Å²) in [5.41, 5.74) is 1.03. The molecular formula is C15H22N2O2S. The number of carboxylic acid groups (broad SMARTS) is 1. The van der Waals surface area contributed by atoms with Crippen molar-refractivity contribution >= 4 is 23.4 Å². The number of carbonyl (C=O) groups is 1. The Kier molecular flexibility index (Phi) is 5.34. The number of aliphatic carboxylic acids is 1. The molecule has 0 aromatic carbocycles. The highest BCUT2D eigenvalue weighted by molar-refractivity contribution is 7.10. The van der Waals surface area contributed by atoms with Crippen LogP contribution in [0.3, 0.4) is 0 Å². The highest BCUT2D eigenvalue weighted by Gasteiger charge is 2.20. The van der Waals surface area contributed by atoms with Crippen LogP contribution in [0.1, 0.15) is 23.8 Å². The van der Waals surface area contributed by atoms with Gasteiger partial charge >= 0.3 is 5.97 Å². The molecule has 5 heteroatoms. The number of hydrogen-bond acceptors (Lipinski definition) is 4. The van der Waals surface area contributed by atoms with E-state index in [0.29, 0.717) is 6.04 Å². The van der Waals surface area contributed by atoms with Crippen LogP contribution >= 0.6 is 11.3 Å². The molecule has 4 nitrogen and oxygen atoms in total. The second-order valence-electron chi connectivity index (χ2n) is 5.41. The fourth-order valence-electron chi connectivity index (χ4n) is 2.63. The van der Waals surface area contributed by atoms with Gasteiger partial charge < -0.3 is 10.0 Å². The predicted octanol–water partition coefficient (Wildman–Crippen LogP) is 2.37. The minimum Gasteiger partial charge on any atom is -0.478 e. The molecule has 2 heterocycles. The average Bonchev–Trinajstić information content (AvgIpc) is 2.75. The number of thiophene rings is 1. The second kappa shape index (κ2) is 7.02. The van der Waals surface area contributed by atoms with Crippen molar-refractivity contribution in [3.8, 4) is 0 Å². The van der Waals surface area contributed by atoms with Gasteiger partial charge in [0.25, 0.3) is 0 Å². The van der Waals surface area contributed by atoms with Crippen LogP contribution in [0.25, 0.3) is 6.08 Å². The third-order valence-electron chi connectivity index (χ3n) is 3.72.